The van der Waals surface area contributed by atoms with Crippen LogP contribution in [0.4, 0.5) is 0 Å². The highest BCUT2D eigenvalue weighted by molar-refractivity contribution is 7.99. The van der Waals surface area contributed by atoms with Crippen LogP contribution in [0, 0.1) is 5.92 Å². The molecule has 0 fully saturated rings. The molecular weight excluding hydrogens is 250 g/mol. The summed E-state index contributed by atoms with van der Waals surface area (Å²) in [7, 11) is 0. The van der Waals surface area contributed by atoms with Gasteiger partial charge >= 0.3 is 0 Å². The summed E-state index contributed by atoms with van der Waals surface area (Å²) in [4.78, 5) is 0. The van der Waals surface area contributed by atoms with E-state index in [9.17, 15) is 0 Å². The summed E-state index contributed by atoms with van der Waals surface area (Å²) >= 11 is 8.16. The Morgan fingerprint density at radius 3 is 2.47 bits per heavy atom. The first-order valence-corrected chi connectivity index (χ1v) is 7.60. The molecular formula is C14H22ClNS. The van der Waals surface area contributed by atoms with Gasteiger partial charge in [0.25, 0.3) is 0 Å². The fraction of sp³-hybridized carbons (Fsp3) is 0.571. The van der Waals surface area contributed by atoms with Crippen molar-refractivity contribution in [2.24, 2.45) is 11.7 Å². The smallest absolute Gasteiger partial charge is 0.0460 e. The summed E-state index contributed by atoms with van der Waals surface area (Å²) < 4.78 is 0. The van der Waals surface area contributed by atoms with E-state index in [1.807, 2.05) is 30.0 Å². The van der Waals surface area contributed by atoms with Crippen molar-refractivity contribution in [2.75, 3.05) is 5.75 Å². The van der Waals surface area contributed by atoms with E-state index in [2.05, 4.69) is 26.8 Å². The molecule has 0 radical (unpaired) electrons. The van der Waals surface area contributed by atoms with Gasteiger partial charge in [-0.05, 0) is 30.2 Å². The van der Waals surface area contributed by atoms with Crippen molar-refractivity contribution in [3.8, 4) is 0 Å². The highest BCUT2D eigenvalue weighted by atomic mass is 35.5. The van der Waals surface area contributed by atoms with Crippen LogP contribution in [0.15, 0.2) is 24.3 Å². The molecule has 1 rings (SSSR count). The van der Waals surface area contributed by atoms with Crippen LogP contribution < -0.4 is 5.73 Å². The van der Waals surface area contributed by atoms with Crippen LogP contribution in [-0.2, 0) is 0 Å². The summed E-state index contributed by atoms with van der Waals surface area (Å²) in [5.74, 6) is 1.86. The molecule has 3 atom stereocenters. The van der Waals surface area contributed by atoms with E-state index >= 15 is 0 Å². The lowest BCUT2D eigenvalue weighted by Gasteiger charge is -2.23. The Labute approximate surface area is 114 Å². The van der Waals surface area contributed by atoms with Gasteiger partial charge in [0.05, 0.1) is 0 Å². The lowest BCUT2D eigenvalue weighted by atomic mass is 10.1. The van der Waals surface area contributed by atoms with Crippen molar-refractivity contribution in [1.29, 1.82) is 0 Å². The topological polar surface area (TPSA) is 26.0 Å². The van der Waals surface area contributed by atoms with Crippen molar-refractivity contribution in [3.05, 3.63) is 34.9 Å². The van der Waals surface area contributed by atoms with Crippen molar-refractivity contribution < 1.29 is 0 Å². The first-order chi connectivity index (χ1) is 8.06. The minimum absolute atomic E-state index is 0.115. The maximum absolute atomic E-state index is 6.24. The molecule has 0 spiro atoms. The van der Waals surface area contributed by atoms with Gasteiger partial charge in [0.2, 0.25) is 0 Å². The molecule has 0 aliphatic heterocycles. The second kappa shape index (κ2) is 7.30. The van der Waals surface area contributed by atoms with Gasteiger partial charge < -0.3 is 5.73 Å². The second-order valence-corrected chi connectivity index (χ2v) is 6.23. The molecule has 0 aliphatic rings. The molecule has 1 nitrogen and oxygen atoms in total. The Morgan fingerprint density at radius 2 is 1.94 bits per heavy atom. The first kappa shape index (κ1) is 14.9. The summed E-state index contributed by atoms with van der Waals surface area (Å²) in [5, 5.41) is 1.11. The number of hydrogen-bond donors (Lipinski definition) is 1. The van der Waals surface area contributed by atoms with E-state index in [1.54, 1.807) is 0 Å². The molecule has 17 heavy (non-hydrogen) atoms. The van der Waals surface area contributed by atoms with Gasteiger partial charge in [-0.25, -0.2) is 0 Å². The van der Waals surface area contributed by atoms with Crippen LogP contribution in [0.5, 0.6) is 0 Å². The average Bonchev–Trinajstić information content (AvgIpc) is 2.30. The number of nitrogens with two attached hydrogens (primary N) is 1. The van der Waals surface area contributed by atoms with Crippen molar-refractivity contribution >= 4 is 23.4 Å². The van der Waals surface area contributed by atoms with Gasteiger partial charge in [0.1, 0.15) is 0 Å². The minimum atomic E-state index is 0.115. The predicted molar refractivity (Wildman–Crippen MR) is 79.8 cm³/mol. The molecule has 1 aromatic carbocycles. The fourth-order valence-corrected chi connectivity index (χ4v) is 3.39. The van der Waals surface area contributed by atoms with Gasteiger partial charge in [0, 0.05) is 16.3 Å². The quantitative estimate of drug-likeness (QED) is 0.824. The number of benzene rings is 1. The van der Waals surface area contributed by atoms with Crippen molar-refractivity contribution in [2.45, 2.75) is 38.5 Å². The Balaban J connectivity index is 2.76. The number of rotatable bonds is 6. The Bertz CT molecular complexity index is 341. The molecule has 3 heteroatoms. The van der Waals surface area contributed by atoms with Gasteiger partial charge in [-0.2, -0.15) is 11.8 Å². The summed E-state index contributed by atoms with van der Waals surface area (Å²) in [6.07, 6.45) is 1.21. The van der Waals surface area contributed by atoms with E-state index in [0.29, 0.717) is 0 Å². The van der Waals surface area contributed by atoms with Crippen LogP contribution in [0.1, 0.15) is 38.0 Å². The average molecular weight is 272 g/mol. The van der Waals surface area contributed by atoms with E-state index in [4.69, 9.17) is 17.3 Å². The maximum atomic E-state index is 6.24. The van der Waals surface area contributed by atoms with E-state index < -0.39 is 0 Å². The monoisotopic (exact) mass is 271 g/mol. The SMILES string of the molecule is CCC(C)CSC(c1ccccc1Cl)C(C)N. The molecule has 1 aromatic rings. The predicted octanol–water partition coefficient (Wildman–Crippen LogP) is 4.51. The Hall–Kier alpha value is -0.180. The summed E-state index contributed by atoms with van der Waals surface area (Å²) in [6.45, 7) is 6.55. The largest absolute Gasteiger partial charge is 0.327 e. The van der Waals surface area contributed by atoms with Crippen LogP contribution in [0.2, 0.25) is 5.02 Å². The third-order valence-corrected chi connectivity index (χ3v) is 5.09. The molecule has 3 unspecified atom stereocenters. The number of halogens is 1. The number of thioether (sulfide) groups is 1. The van der Waals surface area contributed by atoms with Crippen molar-refractivity contribution in [3.63, 3.8) is 0 Å². The highest BCUT2D eigenvalue weighted by Crippen LogP contribution is 2.36. The molecule has 96 valence electrons. The lowest BCUT2D eigenvalue weighted by molar-refractivity contribution is 0.631. The Kier molecular flexibility index (Phi) is 6.39. The van der Waals surface area contributed by atoms with Gasteiger partial charge in [0.15, 0.2) is 0 Å². The zero-order chi connectivity index (χ0) is 12.8. The fourth-order valence-electron chi connectivity index (χ4n) is 1.62. The lowest BCUT2D eigenvalue weighted by Crippen LogP contribution is -2.23. The van der Waals surface area contributed by atoms with Gasteiger partial charge in [-0.1, -0.05) is 50.1 Å². The molecule has 0 bridgehead atoms. The first-order valence-electron chi connectivity index (χ1n) is 6.17. The van der Waals surface area contributed by atoms with E-state index in [0.717, 1.165) is 22.3 Å². The van der Waals surface area contributed by atoms with Crippen LogP contribution in [-0.4, -0.2) is 11.8 Å². The molecule has 0 aliphatic carbocycles. The zero-order valence-electron chi connectivity index (χ0n) is 10.8. The molecule has 2 N–H and O–H groups in total. The van der Waals surface area contributed by atoms with E-state index in [1.165, 1.54) is 6.42 Å². The summed E-state index contributed by atoms with van der Waals surface area (Å²) in [5.41, 5.74) is 7.25. The Morgan fingerprint density at radius 1 is 1.29 bits per heavy atom. The molecule has 0 aromatic heterocycles. The van der Waals surface area contributed by atoms with Gasteiger partial charge in [-0.15, -0.1) is 0 Å². The third-order valence-electron chi connectivity index (χ3n) is 2.95. The molecule has 0 saturated carbocycles. The molecule has 0 amide bonds. The van der Waals surface area contributed by atoms with E-state index in [-0.39, 0.29) is 11.3 Å². The van der Waals surface area contributed by atoms with Crippen molar-refractivity contribution in [1.82, 2.24) is 0 Å². The third kappa shape index (κ3) is 4.53. The van der Waals surface area contributed by atoms with Crippen LogP contribution in [0.25, 0.3) is 0 Å². The molecule has 0 saturated heterocycles. The summed E-state index contributed by atoms with van der Waals surface area (Å²) in [6, 6.07) is 8.13. The normalized spacial score (nSPS) is 16.5. The standard InChI is InChI=1S/C14H22ClNS/c1-4-10(2)9-17-14(11(3)16)12-7-5-6-8-13(12)15/h5-8,10-11,14H,4,9,16H2,1-3H3. The van der Waals surface area contributed by atoms with Crippen LogP contribution >= 0.6 is 23.4 Å². The minimum Gasteiger partial charge on any atom is -0.327 e. The van der Waals surface area contributed by atoms with Gasteiger partial charge in [-0.3, -0.25) is 0 Å². The molecule has 0 heterocycles. The zero-order valence-corrected chi connectivity index (χ0v) is 12.4. The maximum Gasteiger partial charge on any atom is 0.0460 e. The highest BCUT2D eigenvalue weighted by Gasteiger charge is 2.19. The number of hydrogen-bond acceptors (Lipinski definition) is 2. The van der Waals surface area contributed by atoms with Crippen LogP contribution in [0.3, 0.4) is 0 Å². The second-order valence-electron chi connectivity index (χ2n) is 4.65.